The molecule has 1 aromatic carbocycles. The molecule has 0 spiro atoms. The Labute approximate surface area is 166 Å². The molecule has 1 unspecified atom stereocenters. The summed E-state index contributed by atoms with van der Waals surface area (Å²) in [7, 11) is 0. The van der Waals surface area contributed by atoms with E-state index in [2.05, 4.69) is 4.90 Å². The van der Waals surface area contributed by atoms with Crippen LogP contribution >= 0.6 is 23.2 Å². The van der Waals surface area contributed by atoms with Crippen molar-refractivity contribution in [2.75, 3.05) is 6.54 Å². The first-order valence-electron chi connectivity index (χ1n) is 9.70. The summed E-state index contributed by atoms with van der Waals surface area (Å²) < 4.78 is 0. The molecule has 0 aromatic heterocycles. The lowest BCUT2D eigenvalue weighted by Crippen LogP contribution is -2.40. The van der Waals surface area contributed by atoms with Crippen LogP contribution in [0.2, 0.25) is 10.0 Å². The van der Waals surface area contributed by atoms with Crippen molar-refractivity contribution >= 4 is 29.1 Å². The molecule has 1 aromatic rings. The Morgan fingerprint density at radius 1 is 1.12 bits per heavy atom. The van der Waals surface area contributed by atoms with E-state index in [4.69, 9.17) is 23.2 Å². The van der Waals surface area contributed by atoms with Gasteiger partial charge in [-0.1, -0.05) is 29.3 Å². The van der Waals surface area contributed by atoms with Crippen molar-refractivity contribution in [3.05, 3.63) is 33.8 Å². The molecule has 1 aliphatic carbocycles. The molecule has 1 N–H and O–H groups in total. The minimum atomic E-state index is -0.597. The average molecular weight is 398 g/mol. The van der Waals surface area contributed by atoms with Gasteiger partial charge in [0.1, 0.15) is 0 Å². The SMILES string of the molecule is CC(C)(O)CC1CCC(N2CCC(Cc3c(Cl)cccc3Cl)C2=O)CC1. The number of hydrogen-bond acceptors (Lipinski definition) is 2. The van der Waals surface area contributed by atoms with Crippen LogP contribution in [0.15, 0.2) is 18.2 Å². The maximum absolute atomic E-state index is 12.9. The van der Waals surface area contributed by atoms with Gasteiger partial charge < -0.3 is 10.0 Å². The Kier molecular flexibility index (Phi) is 6.21. The first-order chi connectivity index (χ1) is 12.2. The van der Waals surface area contributed by atoms with Gasteiger partial charge in [0, 0.05) is 28.5 Å². The van der Waals surface area contributed by atoms with Crippen LogP contribution in [0.25, 0.3) is 0 Å². The second kappa shape index (κ2) is 8.08. The zero-order chi connectivity index (χ0) is 18.9. The molecule has 0 radical (unpaired) electrons. The standard InChI is InChI=1S/C21H29Cl2NO2/c1-21(2,26)13-14-6-8-16(9-7-14)24-11-10-15(20(24)25)12-17-18(22)4-3-5-19(17)23/h3-5,14-16,26H,6-13H2,1-2H3. The molecule has 0 bridgehead atoms. The zero-order valence-electron chi connectivity index (χ0n) is 15.7. The van der Waals surface area contributed by atoms with Crippen molar-refractivity contribution in [3.63, 3.8) is 0 Å². The van der Waals surface area contributed by atoms with Crippen LogP contribution < -0.4 is 0 Å². The highest BCUT2D eigenvalue weighted by Gasteiger charge is 2.38. The van der Waals surface area contributed by atoms with Crippen molar-refractivity contribution < 1.29 is 9.90 Å². The van der Waals surface area contributed by atoms with Gasteiger partial charge in [0.25, 0.3) is 0 Å². The van der Waals surface area contributed by atoms with Crippen LogP contribution in [0, 0.1) is 11.8 Å². The summed E-state index contributed by atoms with van der Waals surface area (Å²) >= 11 is 12.6. The Balaban J connectivity index is 1.57. The summed E-state index contributed by atoms with van der Waals surface area (Å²) in [6.07, 6.45) is 6.64. The lowest BCUT2D eigenvalue weighted by atomic mass is 9.80. The van der Waals surface area contributed by atoms with E-state index in [0.29, 0.717) is 28.4 Å². The number of carbonyl (C=O) groups excluding carboxylic acids is 1. The fourth-order valence-corrected chi connectivity index (χ4v) is 5.21. The van der Waals surface area contributed by atoms with Gasteiger partial charge in [0.15, 0.2) is 0 Å². The fraction of sp³-hybridized carbons (Fsp3) is 0.667. The largest absolute Gasteiger partial charge is 0.390 e. The molecule has 5 heteroatoms. The Hall–Kier alpha value is -0.770. The van der Waals surface area contributed by atoms with Gasteiger partial charge in [-0.3, -0.25) is 4.79 Å². The van der Waals surface area contributed by atoms with Crippen LogP contribution in [0.4, 0.5) is 0 Å². The van der Waals surface area contributed by atoms with Crippen molar-refractivity contribution in [2.24, 2.45) is 11.8 Å². The van der Waals surface area contributed by atoms with E-state index in [0.717, 1.165) is 50.6 Å². The van der Waals surface area contributed by atoms with E-state index in [1.54, 1.807) is 0 Å². The van der Waals surface area contributed by atoms with Crippen LogP contribution in [0.5, 0.6) is 0 Å². The number of nitrogens with zero attached hydrogens (tertiary/aromatic N) is 1. The molecule has 3 rings (SSSR count). The molecule has 2 fully saturated rings. The van der Waals surface area contributed by atoms with E-state index in [1.165, 1.54) is 0 Å². The zero-order valence-corrected chi connectivity index (χ0v) is 17.2. The van der Waals surface area contributed by atoms with Gasteiger partial charge in [-0.2, -0.15) is 0 Å². The molecule has 1 saturated heterocycles. The van der Waals surface area contributed by atoms with Crippen LogP contribution in [0.3, 0.4) is 0 Å². The minimum Gasteiger partial charge on any atom is -0.390 e. The number of rotatable bonds is 5. The third-order valence-corrected chi connectivity index (χ3v) is 6.62. The third-order valence-electron chi connectivity index (χ3n) is 5.91. The predicted molar refractivity (Wildman–Crippen MR) is 107 cm³/mol. The molecule has 1 saturated carbocycles. The van der Waals surface area contributed by atoms with Gasteiger partial charge in [-0.25, -0.2) is 0 Å². The Morgan fingerprint density at radius 3 is 2.31 bits per heavy atom. The molecule has 1 aliphatic heterocycles. The van der Waals surface area contributed by atoms with Crippen LogP contribution in [-0.2, 0) is 11.2 Å². The summed E-state index contributed by atoms with van der Waals surface area (Å²) in [5.41, 5.74) is 0.297. The number of hydrogen-bond donors (Lipinski definition) is 1. The second-order valence-corrected chi connectivity index (χ2v) is 9.43. The summed E-state index contributed by atoms with van der Waals surface area (Å²) in [6, 6.07) is 5.86. The average Bonchev–Trinajstić information content (AvgIpc) is 2.91. The van der Waals surface area contributed by atoms with E-state index >= 15 is 0 Å². The van der Waals surface area contributed by atoms with Crippen molar-refractivity contribution in [3.8, 4) is 0 Å². The lowest BCUT2D eigenvalue weighted by molar-refractivity contribution is -0.133. The number of likely N-dealkylation sites (tertiary alicyclic amines) is 1. The van der Waals surface area contributed by atoms with Crippen LogP contribution in [0.1, 0.15) is 57.9 Å². The maximum atomic E-state index is 12.9. The summed E-state index contributed by atoms with van der Waals surface area (Å²) in [6.45, 7) is 4.60. The molecule has 1 heterocycles. The Morgan fingerprint density at radius 2 is 1.73 bits per heavy atom. The first kappa shape index (κ1) is 20.0. The molecule has 144 valence electrons. The number of amides is 1. The van der Waals surface area contributed by atoms with Crippen molar-refractivity contribution in [1.82, 2.24) is 4.90 Å². The molecule has 1 atom stereocenters. The second-order valence-electron chi connectivity index (χ2n) is 8.61. The minimum absolute atomic E-state index is 0.0125. The lowest BCUT2D eigenvalue weighted by Gasteiger charge is -2.36. The summed E-state index contributed by atoms with van der Waals surface area (Å²) in [4.78, 5) is 15.0. The molecule has 3 nitrogen and oxygen atoms in total. The van der Waals surface area contributed by atoms with Gasteiger partial charge in [0.05, 0.1) is 5.60 Å². The maximum Gasteiger partial charge on any atom is 0.226 e. The number of halogens is 2. The molecular formula is C21H29Cl2NO2. The third kappa shape index (κ3) is 4.74. The van der Waals surface area contributed by atoms with Crippen molar-refractivity contribution in [1.29, 1.82) is 0 Å². The van der Waals surface area contributed by atoms with Crippen LogP contribution in [-0.4, -0.2) is 34.1 Å². The fourth-order valence-electron chi connectivity index (χ4n) is 4.66. The summed E-state index contributed by atoms with van der Waals surface area (Å²) in [5, 5.41) is 11.3. The predicted octanol–water partition coefficient (Wildman–Crippen LogP) is 5.10. The van der Waals surface area contributed by atoms with E-state index in [1.807, 2.05) is 32.0 Å². The van der Waals surface area contributed by atoms with Gasteiger partial charge in [0.2, 0.25) is 5.91 Å². The van der Waals surface area contributed by atoms with E-state index < -0.39 is 5.60 Å². The quantitative estimate of drug-likeness (QED) is 0.749. The van der Waals surface area contributed by atoms with Gasteiger partial charge >= 0.3 is 0 Å². The normalized spacial score (nSPS) is 27.2. The monoisotopic (exact) mass is 397 g/mol. The van der Waals surface area contributed by atoms with Gasteiger partial charge in [-0.15, -0.1) is 0 Å². The number of benzene rings is 1. The molecule has 1 amide bonds. The topological polar surface area (TPSA) is 40.5 Å². The molecule has 26 heavy (non-hydrogen) atoms. The van der Waals surface area contributed by atoms with Gasteiger partial charge in [-0.05, 0) is 82.4 Å². The number of aliphatic hydroxyl groups is 1. The number of carbonyl (C=O) groups is 1. The molecular weight excluding hydrogens is 369 g/mol. The van der Waals surface area contributed by atoms with E-state index in [-0.39, 0.29) is 11.8 Å². The van der Waals surface area contributed by atoms with Crippen molar-refractivity contribution in [2.45, 2.75) is 70.4 Å². The first-order valence-corrected chi connectivity index (χ1v) is 10.5. The Bertz CT molecular complexity index is 628. The highest BCUT2D eigenvalue weighted by molar-refractivity contribution is 6.36. The van der Waals surface area contributed by atoms with E-state index in [9.17, 15) is 9.90 Å². The summed E-state index contributed by atoms with van der Waals surface area (Å²) in [5.74, 6) is 0.815. The smallest absolute Gasteiger partial charge is 0.226 e. The molecule has 2 aliphatic rings. The highest BCUT2D eigenvalue weighted by atomic mass is 35.5. The highest BCUT2D eigenvalue weighted by Crippen LogP contribution is 2.36.